The number of rotatable bonds is 5. The Bertz CT molecular complexity index is 2810. The number of allylic oxidation sites excluding steroid dienone is 4. The summed E-state index contributed by atoms with van der Waals surface area (Å²) in [6.07, 6.45) is 7.68. The van der Waals surface area contributed by atoms with Gasteiger partial charge in [0.05, 0.1) is 0 Å². The molecule has 3 heterocycles. The van der Waals surface area contributed by atoms with Crippen LogP contribution in [0.25, 0.3) is 80.1 Å². The van der Waals surface area contributed by atoms with Crippen molar-refractivity contribution in [3.63, 3.8) is 0 Å². The number of thiophene rings is 2. The fourth-order valence-electron chi connectivity index (χ4n) is 7.23. The van der Waals surface area contributed by atoms with E-state index in [1.54, 1.807) is 11.3 Å². The van der Waals surface area contributed by atoms with Gasteiger partial charge in [-0.3, -0.25) is 0 Å². The van der Waals surface area contributed by atoms with Gasteiger partial charge in [0.1, 0.15) is 0 Å². The molecule has 3 nitrogen and oxygen atoms in total. The van der Waals surface area contributed by atoms with Crippen molar-refractivity contribution in [3.8, 4) is 34.2 Å². The predicted molar refractivity (Wildman–Crippen MR) is 213 cm³/mol. The summed E-state index contributed by atoms with van der Waals surface area (Å²) >= 11 is 3.62. The monoisotopic (exact) mass is 675 g/mol. The van der Waals surface area contributed by atoms with Crippen LogP contribution in [-0.2, 0) is 0 Å². The van der Waals surface area contributed by atoms with E-state index in [2.05, 4.69) is 158 Å². The molecule has 1 atom stereocenters. The number of nitrogens with zero attached hydrogens (tertiary/aromatic N) is 3. The summed E-state index contributed by atoms with van der Waals surface area (Å²) in [6, 6.07) is 49.7. The molecule has 0 spiro atoms. The first-order chi connectivity index (χ1) is 24.7. The fourth-order valence-corrected chi connectivity index (χ4v) is 9.52. The number of fused-ring (bicyclic) bond motifs is 6. The summed E-state index contributed by atoms with van der Waals surface area (Å²) in [7, 11) is 0. The molecular weight excluding hydrogens is 647 g/mol. The average Bonchev–Trinajstić information content (AvgIpc) is 3.76. The van der Waals surface area contributed by atoms with Crippen LogP contribution in [0.15, 0.2) is 158 Å². The smallest absolute Gasteiger partial charge is 0.165 e. The van der Waals surface area contributed by atoms with Crippen molar-refractivity contribution in [3.05, 3.63) is 169 Å². The van der Waals surface area contributed by atoms with Crippen molar-refractivity contribution in [1.29, 1.82) is 0 Å². The molecule has 5 heteroatoms. The molecule has 0 aliphatic heterocycles. The third-order valence-electron chi connectivity index (χ3n) is 9.71. The van der Waals surface area contributed by atoms with Crippen LogP contribution in [0.4, 0.5) is 0 Å². The molecule has 0 saturated heterocycles. The Hall–Kier alpha value is -5.75. The maximum absolute atomic E-state index is 5.23. The molecule has 1 aliphatic rings. The quantitative estimate of drug-likeness (QED) is 0.182. The van der Waals surface area contributed by atoms with E-state index in [0.717, 1.165) is 23.1 Å². The van der Waals surface area contributed by atoms with E-state index in [1.165, 1.54) is 57.0 Å². The maximum Gasteiger partial charge on any atom is 0.165 e. The van der Waals surface area contributed by atoms with E-state index in [-0.39, 0.29) is 5.92 Å². The van der Waals surface area contributed by atoms with E-state index >= 15 is 0 Å². The molecule has 9 aromatic rings. The Labute approximate surface area is 297 Å². The minimum absolute atomic E-state index is 0.262. The summed E-state index contributed by atoms with van der Waals surface area (Å²) in [4.78, 5) is 15.6. The lowest BCUT2D eigenvalue weighted by atomic mass is 9.85. The Morgan fingerprint density at radius 3 is 1.96 bits per heavy atom. The summed E-state index contributed by atoms with van der Waals surface area (Å²) in [6.45, 7) is 0. The lowest BCUT2D eigenvalue weighted by Crippen LogP contribution is -2.03. The van der Waals surface area contributed by atoms with Crippen molar-refractivity contribution >= 4 is 68.6 Å². The van der Waals surface area contributed by atoms with Crippen molar-refractivity contribution in [1.82, 2.24) is 15.0 Å². The molecule has 0 N–H and O–H groups in total. The van der Waals surface area contributed by atoms with E-state index < -0.39 is 0 Å². The van der Waals surface area contributed by atoms with Crippen LogP contribution in [0.2, 0.25) is 0 Å². The van der Waals surface area contributed by atoms with Crippen molar-refractivity contribution in [2.45, 2.75) is 12.3 Å². The predicted octanol–water partition coefficient (Wildman–Crippen LogP) is 12.7. The van der Waals surface area contributed by atoms with Gasteiger partial charge in [0.25, 0.3) is 0 Å². The zero-order chi connectivity index (χ0) is 33.0. The second-order valence-corrected chi connectivity index (χ2v) is 14.9. The second-order valence-electron chi connectivity index (χ2n) is 12.8. The lowest BCUT2D eigenvalue weighted by Gasteiger charge is -2.20. The first kappa shape index (κ1) is 29.2. The number of benzene rings is 6. The summed E-state index contributed by atoms with van der Waals surface area (Å²) < 4.78 is 5.00. The largest absolute Gasteiger partial charge is 0.208 e. The SMILES string of the molecule is C1=CC(c2cccc(-c3nc(-c4ccc5sc6ccccc6c5c4)nc(-c4cccc5c4sc4ccccc45)n3)c2)CC(c2ccccc2)=C1. The Morgan fingerprint density at radius 2 is 1.12 bits per heavy atom. The third-order valence-corrected chi connectivity index (χ3v) is 12.1. The number of aromatic nitrogens is 3. The molecular formula is C45H29N3S2. The zero-order valence-electron chi connectivity index (χ0n) is 27.0. The van der Waals surface area contributed by atoms with Crippen LogP contribution in [0.1, 0.15) is 23.5 Å². The van der Waals surface area contributed by atoms with Gasteiger partial charge in [-0.25, -0.2) is 15.0 Å². The highest BCUT2D eigenvalue weighted by Crippen LogP contribution is 2.41. The second kappa shape index (κ2) is 12.0. The van der Waals surface area contributed by atoms with Gasteiger partial charge in [-0.1, -0.05) is 115 Å². The molecule has 6 aromatic carbocycles. The van der Waals surface area contributed by atoms with Crippen molar-refractivity contribution in [2.24, 2.45) is 0 Å². The van der Waals surface area contributed by atoms with Gasteiger partial charge < -0.3 is 0 Å². The van der Waals surface area contributed by atoms with E-state index in [9.17, 15) is 0 Å². The number of hydrogen-bond donors (Lipinski definition) is 0. The minimum atomic E-state index is 0.262. The molecule has 0 radical (unpaired) electrons. The molecule has 236 valence electrons. The molecule has 1 aliphatic carbocycles. The molecule has 50 heavy (non-hydrogen) atoms. The summed E-state index contributed by atoms with van der Waals surface area (Å²) in [5.41, 5.74) is 6.87. The van der Waals surface area contributed by atoms with Gasteiger partial charge in [-0.05, 0) is 65.6 Å². The van der Waals surface area contributed by atoms with Crippen LogP contribution in [0, 0.1) is 0 Å². The van der Waals surface area contributed by atoms with Crippen LogP contribution in [0.5, 0.6) is 0 Å². The molecule has 0 bridgehead atoms. The zero-order valence-corrected chi connectivity index (χ0v) is 28.6. The van der Waals surface area contributed by atoms with Gasteiger partial charge in [-0.2, -0.15) is 0 Å². The maximum atomic E-state index is 5.23. The van der Waals surface area contributed by atoms with Crippen molar-refractivity contribution in [2.75, 3.05) is 0 Å². The molecule has 0 amide bonds. The Kier molecular flexibility index (Phi) is 7.00. The van der Waals surface area contributed by atoms with E-state index in [1.807, 2.05) is 11.3 Å². The van der Waals surface area contributed by atoms with Gasteiger partial charge >= 0.3 is 0 Å². The normalized spacial score (nSPS) is 14.6. The Morgan fingerprint density at radius 1 is 0.480 bits per heavy atom. The number of hydrogen-bond acceptors (Lipinski definition) is 5. The fraction of sp³-hybridized carbons (Fsp3) is 0.0444. The standard InChI is InChI=1S/C45H29N3S2/c1-2-11-28(12-3-1)29-13-8-14-30(25-29)31-15-9-16-32(26-31)43-46-44(33-23-24-41-38(27-33)35-18-5-6-21-39(35)49-41)48-45(47-43)37-20-10-19-36-34-17-4-7-22-40(34)50-42(36)37/h1-24,26-27,30H,25H2. The highest BCUT2D eigenvalue weighted by atomic mass is 32.1. The van der Waals surface area contributed by atoms with Gasteiger partial charge in [0.15, 0.2) is 17.5 Å². The van der Waals surface area contributed by atoms with Gasteiger partial charge in [0.2, 0.25) is 0 Å². The van der Waals surface area contributed by atoms with Crippen LogP contribution >= 0.6 is 22.7 Å². The third kappa shape index (κ3) is 5.06. The van der Waals surface area contributed by atoms with Crippen LogP contribution < -0.4 is 0 Å². The van der Waals surface area contributed by atoms with Gasteiger partial charge in [-0.15, -0.1) is 22.7 Å². The Balaban J connectivity index is 1.13. The molecule has 3 aromatic heterocycles. The van der Waals surface area contributed by atoms with Crippen LogP contribution in [0.3, 0.4) is 0 Å². The summed E-state index contributed by atoms with van der Waals surface area (Å²) in [5.74, 6) is 2.31. The molecule has 1 unspecified atom stereocenters. The first-order valence-electron chi connectivity index (χ1n) is 16.9. The lowest BCUT2D eigenvalue weighted by molar-refractivity contribution is 0.867. The molecule has 10 rings (SSSR count). The van der Waals surface area contributed by atoms with E-state index in [4.69, 9.17) is 15.0 Å². The van der Waals surface area contributed by atoms with Crippen LogP contribution in [-0.4, -0.2) is 15.0 Å². The highest BCUT2D eigenvalue weighted by molar-refractivity contribution is 7.26. The van der Waals surface area contributed by atoms with Crippen molar-refractivity contribution < 1.29 is 0 Å². The highest BCUT2D eigenvalue weighted by Gasteiger charge is 2.19. The molecule has 0 fully saturated rings. The topological polar surface area (TPSA) is 38.7 Å². The average molecular weight is 676 g/mol. The first-order valence-corrected chi connectivity index (χ1v) is 18.5. The van der Waals surface area contributed by atoms with Gasteiger partial charge in [0, 0.05) is 63.0 Å². The van der Waals surface area contributed by atoms with E-state index in [0.29, 0.717) is 17.5 Å². The summed E-state index contributed by atoms with van der Waals surface area (Å²) in [5, 5.41) is 4.98. The molecule has 0 saturated carbocycles. The minimum Gasteiger partial charge on any atom is -0.208 e.